The van der Waals surface area contributed by atoms with Gasteiger partial charge in [-0.2, -0.15) is 0 Å². The number of furan rings is 1. The molecule has 0 aliphatic heterocycles. The van der Waals surface area contributed by atoms with Crippen molar-refractivity contribution in [2.24, 2.45) is 0 Å². The summed E-state index contributed by atoms with van der Waals surface area (Å²) in [4.78, 5) is 53.8. The van der Waals surface area contributed by atoms with Gasteiger partial charge in [0.25, 0.3) is 5.91 Å². The molecular weight excluding hydrogens is 452 g/mol. The van der Waals surface area contributed by atoms with Gasteiger partial charge in [0.05, 0.1) is 24.1 Å². The summed E-state index contributed by atoms with van der Waals surface area (Å²) < 4.78 is 15.6. The van der Waals surface area contributed by atoms with Crippen molar-refractivity contribution in [3.8, 4) is 0 Å². The second kappa shape index (κ2) is 11.3. The topological polar surface area (TPSA) is 128 Å². The van der Waals surface area contributed by atoms with Crippen LogP contribution >= 0.6 is 0 Å². The molecule has 1 aromatic carbocycles. The maximum absolute atomic E-state index is 13.1. The highest BCUT2D eigenvalue weighted by Gasteiger charge is 2.31. The van der Waals surface area contributed by atoms with Crippen molar-refractivity contribution in [3.63, 3.8) is 0 Å². The molecule has 9 nitrogen and oxygen atoms in total. The fourth-order valence-electron chi connectivity index (χ4n) is 3.70. The molecule has 0 fully saturated rings. The van der Waals surface area contributed by atoms with E-state index in [1.165, 1.54) is 19.3 Å². The minimum atomic E-state index is -1.17. The molecule has 3 aromatic rings. The number of rotatable bonds is 10. The first-order valence-electron chi connectivity index (χ1n) is 11.2. The van der Waals surface area contributed by atoms with E-state index < -0.39 is 35.8 Å². The number of aromatic nitrogens is 1. The van der Waals surface area contributed by atoms with Gasteiger partial charge in [0.1, 0.15) is 6.04 Å². The average molecular weight is 481 g/mol. The number of ether oxygens (including phenoxy) is 2. The summed E-state index contributed by atoms with van der Waals surface area (Å²) in [6, 6.07) is 11.1. The van der Waals surface area contributed by atoms with Gasteiger partial charge in [0.2, 0.25) is 5.78 Å². The Balaban J connectivity index is 1.77. The fourth-order valence-corrected chi connectivity index (χ4v) is 3.70. The lowest BCUT2D eigenvalue weighted by atomic mass is 10.0. The molecule has 35 heavy (non-hydrogen) atoms. The van der Waals surface area contributed by atoms with Crippen LogP contribution in [-0.2, 0) is 20.7 Å². The van der Waals surface area contributed by atoms with E-state index in [0.29, 0.717) is 11.3 Å². The maximum Gasteiger partial charge on any atom is 0.340 e. The molecule has 9 heteroatoms. The zero-order valence-corrected chi connectivity index (χ0v) is 20.0. The molecular formula is C26H28N2O7. The number of ketones is 1. The summed E-state index contributed by atoms with van der Waals surface area (Å²) in [6.45, 7) is 6.62. The minimum absolute atomic E-state index is 0.0453. The number of amides is 1. The van der Waals surface area contributed by atoms with E-state index in [9.17, 15) is 19.2 Å². The molecule has 184 valence electrons. The van der Waals surface area contributed by atoms with Crippen molar-refractivity contribution in [2.45, 2.75) is 46.3 Å². The Morgan fingerprint density at radius 3 is 2.40 bits per heavy atom. The highest BCUT2D eigenvalue weighted by Crippen LogP contribution is 2.21. The Morgan fingerprint density at radius 2 is 1.77 bits per heavy atom. The zero-order valence-electron chi connectivity index (χ0n) is 20.0. The van der Waals surface area contributed by atoms with E-state index in [4.69, 9.17) is 13.9 Å². The molecule has 0 aliphatic rings. The molecule has 0 unspecified atom stereocenters. The van der Waals surface area contributed by atoms with Crippen molar-refractivity contribution in [2.75, 3.05) is 6.61 Å². The number of H-pyrrole nitrogens is 1. The first-order chi connectivity index (χ1) is 16.7. The Kier molecular flexibility index (Phi) is 8.25. The van der Waals surface area contributed by atoms with Crippen LogP contribution in [0.25, 0.3) is 0 Å². The molecule has 0 aliphatic carbocycles. The summed E-state index contributed by atoms with van der Waals surface area (Å²) in [5.74, 6) is -2.36. The summed E-state index contributed by atoms with van der Waals surface area (Å²) in [5.41, 5.74) is 2.13. The first kappa shape index (κ1) is 25.5. The molecule has 0 saturated heterocycles. The van der Waals surface area contributed by atoms with Crippen molar-refractivity contribution in [3.05, 3.63) is 82.6 Å². The van der Waals surface area contributed by atoms with Crippen LogP contribution in [0.5, 0.6) is 0 Å². The Labute approximate surface area is 202 Å². The normalized spacial score (nSPS) is 12.5. The average Bonchev–Trinajstić information content (AvgIpc) is 3.47. The van der Waals surface area contributed by atoms with Crippen molar-refractivity contribution in [1.82, 2.24) is 10.3 Å². The van der Waals surface area contributed by atoms with Crippen molar-refractivity contribution >= 4 is 23.6 Å². The second-order valence-corrected chi connectivity index (χ2v) is 7.98. The first-order valence-corrected chi connectivity index (χ1v) is 11.2. The van der Waals surface area contributed by atoms with Crippen LogP contribution in [0.1, 0.15) is 62.1 Å². The van der Waals surface area contributed by atoms with Gasteiger partial charge in [-0.3, -0.25) is 9.59 Å². The van der Waals surface area contributed by atoms with Crippen LogP contribution in [-0.4, -0.2) is 47.4 Å². The highest BCUT2D eigenvalue weighted by atomic mass is 16.5. The summed E-state index contributed by atoms with van der Waals surface area (Å²) in [5, 5.41) is 2.62. The molecule has 2 heterocycles. The summed E-state index contributed by atoms with van der Waals surface area (Å²) in [7, 11) is 0. The van der Waals surface area contributed by atoms with E-state index in [1.807, 2.05) is 30.3 Å². The van der Waals surface area contributed by atoms with E-state index in [1.54, 1.807) is 26.8 Å². The third-order valence-corrected chi connectivity index (χ3v) is 5.44. The number of esters is 2. The van der Waals surface area contributed by atoms with Gasteiger partial charge < -0.3 is 24.2 Å². The van der Waals surface area contributed by atoms with E-state index >= 15 is 0 Å². The molecule has 0 radical (unpaired) electrons. The Hall–Kier alpha value is -4.14. The standard InChI is InChI=1S/C26H28N2O7/c1-5-33-26(32)21-15(2)22(27-16(21)3)23(29)17(4)35-25(31)19(14-18-10-7-6-8-11-18)28-24(30)20-12-9-13-34-20/h6-13,17,19,27H,5,14H2,1-4H3,(H,28,30)/t17-,19-/m0/s1. The van der Waals surface area contributed by atoms with Crippen LogP contribution < -0.4 is 5.32 Å². The van der Waals surface area contributed by atoms with Gasteiger partial charge in [-0.1, -0.05) is 30.3 Å². The lowest BCUT2D eigenvalue weighted by molar-refractivity contribution is -0.148. The van der Waals surface area contributed by atoms with Gasteiger partial charge in [0.15, 0.2) is 11.9 Å². The number of benzene rings is 1. The van der Waals surface area contributed by atoms with Crippen LogP contribution in [0.15, 0.2) is 53.1 Å². The quantitative estimate of drug-likeness (QED) is 0.335. The lowest BCUT2D eigenvalue weighted by Gasteiger charge is -2.20. The molecule has 0 saturated carbocycles. The minimum Gasteiger partial charge on any atom is -0.462 e. The van der Waals surface area contributed by atoms with Crippen LogP contribution in [0.2, 0.25) is 0 Å². The number of carbonyl (C=O) groups is 4. The monoisotopic (exact) mass is 480 g/mol. The van der Waals surface area contributed by atoms with Gasteiger partial charge >= 0.3 is 11.9 Å². The van der Waals surface area contributed by atoms with E-state index in [0.717, 1.165) is 5.56 Å². The smallest absolute Gasteiger partial charge is 0.340 e. The highest BCUT2D eigenvalue weighted by molar-refractivity contribution is 6.04. The number of carbonyl (C=O) groups excluding carboxylic acids is 4. The molecule has 2 N–H and O–H groups in total. The number of hydrogen-bond acceptors (Lipinski definition) is 7. The van der Waals surface area contributed by atoms with Crippen LogP contribution in [0, 0.1) is 13.8 Å². The molecule has 3 rings (SSSR count). The van der Waals surface area contributed by atoms with Crippen molar-refractivity contribution in [1.29, 1.82) is 0 Å². The molecule has 2 atom stereocenters. The van der Waals surface area contributed by atoms with Gasteiger partial charge in [0, 0.05) is 12.1 Å². The lowest BCUT2D eigenvalue weighted by Crippen LogP contribution is -2.45. The number of Topliss-reactive ketones (excluding diaryl/α,β-unsaturated/α-hetero) is 1. The van der Waals surface area contributed by atoms with Crippen LogP contribution in [0.3, 0.4) is 0 Å². The third kappa shape index (κ3) is 6.06. The van der Waals surface area contributed by atoms with Gasteiger partial charge in [-0.25, -0.2) is 9.59 Å². The summed E-state index contributed by atoms with van der Waals surface area (Å²) in [6.07, 6.45) is 0.333. The largest absolute Gasteiger partial charge is 0.462 e. The van der Waals surface area contributed by atoms with Crippen molar-refractivity contribution < 1.29 is 33.1 Å². The van der Waals surface area contributed by atoms with E-state index in [-0.39, 0.29) is 30.0 Å². The van der Waals surface area contributed by atoms with Gasteiger partial charge in [-0.15, -0.1) is 0 Å². The fraction of sp³-hybridized carbons (Fsp3) is 0.308. The molecule has 0 bridgehead atoms. The second-order valence-electron chi connectivity index (χ2n) is 7.98. The number of nitrogens with one attached hydrogen (secondary N) is 2. The molecule has 2 aromatic heterocycles. The van der Waals surface area contributed by atoms with Crippen LogP contribution in [0.4, 0.5) is 0 Å². The predicted octanol–water partition coefficient (Wildman–Crippen LogP) is 3.56. The number of aromatic amines is 1. The van der Waals surface area contributed by atoms with E-state index in [2.05, 4.69) is 10.3 Å². The number of hydrogen-bond donors (Lipinski definition) is 2. The Morgan fingerprint density at radius 1 is 1.06 bits per heavy atom. The number of aryl methyl sites for hydroxylation is 1. The SMILES string of the molecule is CCOC(=O)c1c(C)[nH]c(C(=O)[C@H](C)OC(=O)[C@H](Cc2ccccc2)NC(=O)c2ccco2)c1C. The maximum atomic E-state index is 13.1. The summed E-state index contributed by atoms with van der Waals surface area (Å²) >= 11 is 0. The Bertz CT molecular complexity index is 1200. The zero-order chi connectivity index (χ0) is 25.5. The predicted molar refractivity (Wildman–Crippen MR) is 126 cm³/mol. The molecule has 0 spiro atoms. The molecule has 1 amide bonds. The van der Waals surface area contributed by atoms with Gasteiger partial charge in [-0.05, 0) is 51.0 Å². The third-order valence-electron chi connectivity index (χ3n) is 5.44.